The lowest BCUT2D eigenvalue weighted by molar-refractivity contribution is 0.271. The zero-order valence-electron chi connectivity index (χ0n) is 12.5. The molecule has 6 heteroatoms. The maximum absolute atomic E-state index is 12.7. The molecule has 0 heterocycles. The topological polar surface area (TPSA) is 40.6 Å². The van der Waals surface area contributed by atoms with Crippen LogP contribution < -0.4 is 0 Å². The fourth-order valence-electron chi connectivity index (χ4n) is 2.26. The summed E-state index contributed by atoms with van der Waals surface area (Å²) in [6, 6.07) is 6.74. The van der Waals surface area contributed by atoms with Crippen molar-refractivity contribution in [3.63, 3.8) is 0 Å². The van der Waals surface area contributed by atoms with E-state index in [9.17, 15) is 8.42 Å². The van der Waals surface area contributed by atoms with E-state index in [1.165, 1.54) is 4.31 Å². The number of halogens is 1. The molecule has 0 aromatic heterocycles. The minimum Gasteiger partial charge on any atom is -0.308 e. The summed E-state index contributed by atoms with van der Waals surface area (Å²) in [5.74, 6) is 0.308. The van der Waals surface area contributed by atoms with Crippen molar-refractivity contribution in [1.82, 2.24) is 9.21 Å². The third kappa shape index (κ3) is 4.19. The predicted molar refractivity (Wildman–Crippen MR) is 83.6 cm³/mol. The van der Waals surface area contributed by atoms with Crippen molar-refractivity contribution in [2.75, 3.05) is 27.2 Å². The summed E-state index contributed by atoms with van der Waals surface area (Å²) in [5, 5.41) is 0. The van der Waals surface area contributed by atoms with E-state index in [0.29, 0.717) is 23.9 Å². The quantitative estimate of drug-likeness (QED) is 0.725. The van der Waals surface area contributed by atoms with Crippen LogP contribution in [-0.4, -0.2) is 50.8 Å². The molecular weight excluding hydrogens is 296 g/mol. The van der Waals surface area contributed by atoms with Crippen LogP contribution in [-0.2, 0) is 15.9 Å². The smallest absolute Gasteiger partial charge is 0.243 e. The van der Waals surface area contributed by atoms with Gasteiger partial charge in [-0.2, -0.15) is 4.31 Å². The maximum atomic E-state index is 12.7. The average molecular weight is 319 g/mol. The molecule has 0 spiro atoms. The standard InChI is InChI=1S/C14H23ClN2O2S/c1-5-17(12(2)11-16(3)4)20(18,19)14-8-6-7-13(9-14)10-15/h6-9,12H,5,10-11H2,1-4H3. The second-order valence-corrected chi connectivity index (χ2v) is 7.26. The zero-order chi connectivity index (χ0) is 15.3. The Hall–Kier alpha value is -0.620. The highest BCUT2D eigenvalue weighted by atomic mass is 35.5. The highest BCUT2D eigenvalue weighted by Gasteiger charge is 2.27. The summed E-state index contributed by atoms with van der Waals surface area (Å²) in [4.78, 5) is 2.29. The number of hydrogen-bond acceptors (Lipinski definition) is 3. The molecule has 0 saturated heterocycles. The van der Waals surface area contributed by atoms with Gasteiger partial charge in [0.15, 0.2) is 0 Å². The summed E-state index contributed by atoms with van der Waals surface area (Å²) in [6.07, 6.45) is 0. The first-order valence-corrected chi connectivity index (χ1v) is 8.61. The number of nitrogens with zero attached hydrogens (tertiary/aromatic N) is 2. The number of rotatable bonds is 7. The summed E-state index contributed by atoms with van der Waals surface area (Å²) in [7, 11) is 0.391. The summed E-state index contributed by atoms with van der Waals surface area (Å²) >= 11 is 5.78. The van der Waals surface area contributed by atoms with E-state index in [-0.39, 0.29) is 6.04 Å². The highest BCUT2D eigenvalue weighted by molar-refractivity contribution is 7.89. The van der Waals surface area contributed by atoms with Crippen molar-refractivity contribution in [3.8, 4) is 0 Å². The molecule has 1 rings (SSSR count). The Bertz CT molecular complexity index is 532. The maximum Gasteiger partial charge on any atom is 0.243 e. The molecule has 0 amide bonds. The van der Waals surface area contributed by atoms with E-state index in [0.717, 1.165) is 5.56 Å². The molecule has 114 valence electrons. The lowest BCUT2D eigenvalue weighted by atomic mass is 10.2. The van der Waals surface area contributed by atoms with Crippen molar-refractivity contribution >= 4 is 21.6 Å². The SMILES string of the molecule is CCN(C(C)CN(C)C)S(=O)(=O)c1cccc(CCl)c1. The molecular formula is C14H23ClN2O2S. The minimum atomic E-state index is -3.48. The molecule has 0 aliphatic heterocycles. The second-order valence-electron chi connectivity index (χ2n) is 5.10. The number of hydrogen-bond donors (Lipinski definition) is 0. The van der Waals surface area contributed by atoms with Gasteiger partial charge < -0.3 is 4.90 Å². The van der Waals surface area contributed by atoms with E-state index < -0.39 is 10.0 Å². The molecule has 1 unspecified atom stereocenters. The van der Waals surface area contributed by atoms with Crippen molar-refractivity contribution in [3.05, 3.63) is 29.8 Å². The van der Waals surface area contributed by atoms with Gasteiger partial charge in [-0.15, -0.1) is 11.6 Å². The first kappa shape index (κ1) is 17.4. The van der Waals surface area contributed by atoms with Crippen LogP contribution in [0.4, 0.5) is 0 Å². The third-order valence-electron chi connectivity index (χ3n) is 3.09. The van der Waals surface area contributed by atoms with E-state index >= 15 is 0 Å². The van der Waals surface area contributed by atoms with Crippen LogP contribution in [0.15, 0.2) is 29.2 Å². The number of likely N-dealkylation sites (N-methyl/N-ethyl adjacent to an activating group) is 2. The molecule has 1 atom stereocenters. The van der Waals surface area contributed by atoms with Gasteiger partial charge in [0.2, 0.25) is 10.0 Å². The average Bonchev–Trinajstić information content (AvgIpc) is 2.38. The van der Waals surface area contributed by atoms with E-state index in [2.05, 4.69) is 0 Å². The fourth-order valence-corrected chi connectivity index (χ4v) is 4.13. The lowest BCUT2D eigenvalue weighted by Gasteiger charge is -2.29. The van der Waals surface area contributed by atoms with Gasteiger partial charge >= 0.3 is 0 Å². The van der Waals surface area contributed by atoms with Crippen molar-refractivity contribution in [2.24, 2.45) is 0 Å². The Morgan fingerprint density at radius 3 is 2.45 bits per heavy atom. The molecule has 0 aliphatic carbocycles. The number of sulfonamides is 1. The third-order valence-corrected chi connectivity index (χ3v) is 5.49. The lowest BCUT2D eigenvalue weighted by Crippen LogP contribution is -2.43. The van der Waals surface area contributed by atoms with Crippen LogP contribution in [0.25, 0.3) is 0 Å². The largest absolute Gasteiger partial charge is 0.308 e. The van der Waals surface area contributed by atoms with Gasteiger partial charge in [0, 0.05) is 25.0 Å². The Morgan fingerprint density at radius 1 is 1.30 bits per heavy atom. The van der Waals surface area contributed by atoms with Crippen LogP contribution >= 0.6 is 11.6 Å². The summed E-state index contributed by atoms with van der Waals surface area (Å²) < 4.78 is 27.0. The van der Waals surface area contributed by atoms with E-state index in [1.807, 2.05) is 38.9 Å². The van der Waals surface area contributed by atoms with Gasteiger partial charge in [-0.3, -0.25) is 0 Å². The molecule has 0 radical (unpaired) electrons. The van der Waals surface area contributed by atoms with Crippen molar-refractivity contribution in [2.45, 2.75) is 30.7 Å². The van der Waals surface area contributed by atoms with Crippen LogP contribution in [0.2, 0.25) is 0 Å². The Kier molecular flexibility index (Phi) is 6.45. The van der Waals surface area contributed by atoms with Crippen molar-refractivity contribution < 1.29 is 8.42 Å². The molecule has 0 bridgehead atoms. The highest BCUT2D eigenvalue weighted by Crippen LogP contribution is 2.20. The van der Waals surface area contributed by atoms with Gasteiger partial charge in [-0.25, -0.2) is 8.42 Å². The monoisotopic (exact) mass is 318 g/mol. The van der Waals surface area contributed by atoms with Crippen molar-refractivity contribution in [1.29, 1.82) is 0 Å². The van der Waals surface area contributed by atoms with Gasteiger partial charge in [0.25, 0.3) is 0 Å². The zero-order valence-corrected chi connectivity index (χ0v) is 14.1. The van der Waals surface area contributed by atoms with Gasteiger partial charge in [-0.05, 0) is 38.7 Å². The molecule has 4 nitrogen and oxygen atoms in total. The molecule has 0 saturated carbocycles. The summed E-state index contributed by atoms with van der Waals surface area (Å²) in [6.45, 7) is 4.91. The molecule has 0 aliphatic rings. The van der Waals surface area contributed by atoms with E-state index in [1.54, 1.807) is 18.2 Å². The second kappa shape index (κ2) is 7.41. The van der Waals surface area contributed by atoms with Gasteiger partial charge in [-0.1, -0.05) is 19.1 Å². The van der Waals surface area contributed by atoms with Crippen LogP contribution in [0.5, 0.6) is 0 Å². The minimum absolute atomic E-state index is 0.0837. The number of benzene rings is 1. The first-order chi connectivity index (χ1) is 9.32. The van der Waals surface area contributed by atoms with Gasteiger partial charge in [0.1, 0.15) is 0 Å². The predicted octanol–water partition coefficient (Wildman–Crippen LogP) is 2.39. The Morgan fingerprint density at radius 2 is 1.95 bits per heavy atom. The molecule has 20 heavy (non-hydrogen) atoms. The molecule has 1 aromatic carbocycles. The molecule has 0 fully saturated rings. The normalized spacial score (nSPS) is 13.9. The van der Waals surface area contributed by atoms with E-state index in [4.69, 9.17) is 11.6 Å². The van der Waals surface area contributed by atoms with Crippen LogP contribution in [0.3, 0.4) is 0 Å². The fraction of sp³-hybridized carbons (Fsp3) is 0.571. The molecule has 1 aromatic rings. The van der Waals surface area contributed by atoms with Gasteiger partial charge in [0.05, 0.1) is 4.90 Å². The Balaban J connectivity index is 3.11. The Labute approximate surface area is 127 Å². The van der Waals surface area contributed by atoms with Crippen LogP contribution in [0.1, 0.15) is 19.4 Å². The first-order valence-electron chi connectivity index (χ1n) is 6.64. The summed E-state index contributed by atoms with van der Waals surface area (Å²) in [5.41, 5.74) is 0.809. The number of alkyl halides is 1. The van der Waals surface area contributed by atoms with Crippen LogP contribution in [0, 0.1) is 0 Å². The molecule has 0 N–H and O–H groups in total.